The zero-order valence-corrected chi connectivity index (χ0v) is 18.0. The molecule has 3 aromatic carbocycles. The van der Waals surface area contributed by atoms with E-state index in [9.17, 15) is 9.59 Å². The number of unbranched alkanes of at least 4 members (excludes halogenated alkanes) is 2. The summed E-state index contributed by atoms with van der Waals surface area (Å²) in [7, 11) is 0. The van der Waals surface area contributed by atoms with Crippen LogP contribution >= 0.6 is 0 Å². The summed E-state index contributed by atoms with van der Waals surface area (Å²) in [6.07, 6.45) is 3.33. The van der Waals surface area contributed by atoms with Crippen LogP contribution in [0.3, 0.4) is 0 Å². The van der Waals surface area contributed by atoms with E-state index in [0.29, 0.717) is 29.1 Å². The molecule has 5 heteroatoms. The van der Waals surface area contributed by atoms with Crippen molar-refractivity contribution in [3.05, 3.63) is 89.5 Å². The first-order chi connectivity index (χ1) is 15.1. The van der Waals surface area contributed by atoms with Crippen molar-refractivity contribution in [1.82, 2.24) is 0 Å². The number of carbonyl (C=O) groups is 2. The Hall–Kier alpha value is -3.60. The van der Waals surface area contributed by atoms with Crippen molar-refractivity contribution in [3.63, 3.8) is 0 Å². The van der Waals surface area contributed by atoms with Crippen LogP contribution in [-0.2, 0) is 0 Å². The molecule has 0 atom stereocenters. The third kappa shape index (κ3) is 6.44. The molecule has 0 radical (unpaired) electrons. The van der Waals surface area contributed by atoms with Crippen molar-refractivity contribution in [2.75, 3.05) is 17.2 Å². The van der Waals surface area contributed by atoms with Crippen LogP contribution in [0.5, 0.6) is 5.75 Å². The minimum absolute atomic E-state index is 0.160. The Morgan fingerprint density at radius 3 is 2.00 bits per heavy atom. The number of amides is 2. The number of rotatable bonds is 9. The molecule has 0 fully saturated rings. The molecule has 0 aliphatic heterocycles. The maximum Gasteiger partial charge on any atom is 0.255 e. The third-order valence-electron chi connectivity index (χ3n) is 4.92. The van der Waals surface area contributed by atoms with Gasteiger partial charge >= 0.3 is 0 Å². The van der Waals surface area contributed by atoms with Gasteiger partial charge in [-0.3, -0.25) is 9.59 Å². The molecule has 3 aromatic rings. The van der Waals surface area contributed by atoms with Crippen molar-refractivity contribution < 1.29 is 14.3 Å². The fraction of sp³-hybridized carbons (Fsp3) is 0.231. The summed E-state index contributed by atoms with van der Waals surface area (Å²) >= 11 is 0. The van der Waals surface area contributed by atoms with E-state index in [1.165, 1.54) is 0 Å². The van der Waals surface area contributed by atoms with Crippen molar-refractivity contribution in [2.45, 2.75) is 33.1 Å². The van der Waals surface area contributed by atoms with Crippen LogP contribution in [0.1, 0.15) is 52.5 Å². The molecular formula is C26H28N2O3. The summed E-state index contributed by atoms with van der Waals surface area (Å²) in [6, 6.07) is 21.6. The van der Waals surface area contributed by atoms with Gasteiger partial charge in [0, 0.05) is 22.5 Å². The van der Waals surface area contributed by atoms with Gasteiger partial charge in [-0.05, 0) is 73.5 Å². The highest BCUT2D eigenvalue weighted by Crippen LogP contribution is 2.18. The zero-order valence-electron chi connectivity index (χ0n) is 18.0. The van der Waals surface area contributed by atoms with Crippen LogP contribution in [-0.4, -0.2) is 18.4 Å². The van der Waals surface area contributed by atoms with Gasteiger partial charge < -0.3 is 15.4 Å². The van der Waals surface area contributed by atoms with Gasteiger partial charge in [-0.25, -0.2) is 0 Å². The topological polar surface area (TPSA) is 67.4 Å². The summed E-state index contributed by atoms with van der Waals surface area (Å²) < 4.78 is 5.68. The first kappa shape index (κ1) is 22.1. The number of benzene rings is 3. The van der Waals surface area contributed by atoms with Crippen LogP contribution in [0.4, 0.5) is 11.4 Å². The standard InChI is InChI=1S/C26H28N2O3/c1-3-4-7-18-31-23-16-10-20(11-17-23)25(29)27-21-12-14-22(15-13-21)28-26(30)24-9-6-5-8-19(24)2/h5-6,8-17H,3-4,7,18H2,1-2H3,(H,27,29)(H,28,30). The maximum absolute atomic E-state index is 12.5. The van der Waals surface area contributed by atoms with E-state index in [2.05, 4.69) is 17.6 Å². The molecule has 0 saturated heterocycles. The number of ether oxygens (including phenoxy) is 1. The Kier molecular flexibility index (Phi) is 7.82. The van der Waals surface area contributed by atoms with E-state index in [0.717, 1.165) is 30.6 Å². The maximum atomic E-state index is 12.5. The molecule has 0 saturated carbocycles. The second-order valence-electron chi connectivity index (χ2n) is 7.38. The minimum atomic E-state index is -0.200. The highest BCUT2D eigenvalue weighted by molar-refractivity contribution is 6.06. The van der Waals surface area contributed by atoms with Gasteiger partial charge in [-0.15, -0.1) is 0 Å². The average Bonchev–Trinajstić information content (AvgIpc) is 2.78. The Morgan fingerprint density at radius 2 is 1.39 bits per heavy atom. The van der Waals surface area contributed by atoms with Gasteiger partial charge in [-0.1, -0.05) is 38.0 Å². The molecule has 0 bridgehead atoms. The summed E-state index contributed by atoms with van der Waals surface area (Å²) in [5, 5.41) is 5.74. The molecule has 0 spiro atoms. The molecule has 0 heterocycles. The molecule has 5 nitrogen and oxygen atoms in total. The second-order valence-corrected chi connectivity index (χ2v) is 7.38. The predicted octanol–water partition coefficient (Wildman–Crippen LogP) is 6.07. The Labute approximate surface area is 183 Å². The van der Waals surface area contributed by atoms with Gasteiger partial charge in [0.25, 0.3) is 11.8 Å². The normalized spacial score (nSPS) is 10.4. The first-order valence-electron chi connectivity index (χ1n) is 10.6. The van der Waals surface area contributed by atoms with Gasteiger partial charge in [0.05, 0.1) is 6.61 Å². The zero-order chi connectivity index (χ0) is 22.1. The number of hydrogen-bond donors (Lipinski definition) is 2. The van der Waals surface area contributed by atoms with Gasteiger partial charge in [0.15, 0.2) is 0 Å². The monoisotopic (exact) mass is 416 g/mol. The van der Waals surface area contributed by atoms with E-state index < -0.39 is 0 Å². The number of nitrogens with one attached hydrogen (secondary N) is 2. The fourth-order valence-corrected chi connectivity index (χ4v) is 3.11. The molecule has 0 unspecified atom stereocenters. The molecule has 0 aromatic heterocycles. The molecule has 2 amide bonds. The largest absolute Gasteiger partial charge is 0.494 e. The summed E-state index contributed by atoms with van der Waals surface area (Å²) in [4.78, 5) is 24.9. The van der Waals surface area contributed by atoms with E-state index >= 15 is 0 Å². The number of anilines is 2. The highest BCUT2D eigenvalue weighted by atomic mass is 16.5. The Morgan fingerprint density at radius 1 is 0.774 bits per heavy atom. The van der Waals surface area contributed by atoms with Gasteiger partial charge in [-0.2, -0.15) is 0 Å². The lowest BCUT2D eigenvalue weighted by Gasteiger charge is -2.10. The average molecular weight is 417 g/mol. The van der Waals surface area contributed by atoms with Crippen LogP contribution in [0.15, 0.2) is 72.8 Å². The first-order valence-corrected chi connectivity index (χ1v) is 10.6. The van der Waals surface area contributed by atoms with E-state index in [-0.39, 0.29) is 11.8 Å². The lowest BCUT2D eigenvalue weighted by Crippen LogP contribution is -2.14. The van der Waals surface area contributed by atoms with E-state index in [1.807, 2.05) is 37.3 Å². The smallest absolute Gasteiger partial charge is 0.255 e. The molecular weight excluding hydrogens is 388 g/mol. The van der Waals surface area contributed by atoms with Crippen LogP contribution in [0, 0.1) is 6.92 Å². The lowest BCUT2D eigenvalue weighted by molar-refractivity contribution is 0.101. The molecule has 2 N–H and O–H groups in total. The second kappa shape index (κ2) is 11.0. The number of hydrogen-bond acceptors (Lipinski definition) is 3. The predicted molar refractivity (Wildman–Crippen MR) is 125 cm³/mol. The van der Waals surface area contributed by atoms with Gasteiger partial charge in [0.1, 0.15) is 5.75 Å². The third-order valence-corrected chi connectivity index (χ3v) is 4.92. The van der Waals surface area contributed by atoms with Crippen molar-refractivity contribution in [1.29, 1.82) is 0 Å². The minimum Gasteiger partial charge on any atom is -0.494 e. The van der Waals surface area contributed by atoms with Crippen molar-refractivity contribution in [2.24, 2.45) is 0 Å². The van der Waals surface area contributed by atoms with Crippen molar-refractivity contribution in [3.8, 4) is 5.75 Å². The number of carbonyl (C=O) groups excluding carboxylic acids is 2. The van der Waals surface area contributed by atoms with E-state index in [4.69, 9.17) is 4.74 Å². The summed E-state index contributed by atoms with van der Waals surface area (Å²) in [5.74, 6) is 0.405. The highest BCUT2D eigenvalue weighted by Gasteiger charge is 2.10. The lowest BCUT2D eigenvalue weighted by atomic mass is 10.1. The van der Waals surface area contributed by atoms with Crippen LogP contribution in [0.2, 0.25) is 0 Å². The van der Waals surface area contributed by atoms with Crippen LogP contribution < -0.4 is 15.4 Å². The molecule has 31 heavy (non-hydrogen) atoms. The molecule has 160 valence electrons. The van der Waals surface area contributed by atoms with E-state index in [1.54, 1.807) is 42.5 Å². The molecule has 0 aliphatic rings. The number of aryl methyl sites for hydroxylation is 1. The Balaban J connectivity index is 1.54. The SMILES string of the molecule is CCCCCOc1ccc(C(=O)Nc2ccc(NC(=O)c3ccccc3C)cc2)cc1. The van der Waals surface area contributed by atoms with Crippen molar-refractivity contribution >= 4 is 23.2 Å². The molecule has 0 aliphatic carbocycles. The summed E-state index contributed by atoms with van der Waals surface area (Å²) in [6.45, 7) is 4.74. The van der Waals surface area contributed by atoms with Crippen LogP contribution in [0.25, 0.3) is 0 Å². The fourth-order valence-electron chi connectivity index (χ4n) is 3.11. The Bertz CT molecular complexity index is 1010. The quantitative estimate of drug-likeness (QED) is 0.416. The molecule has 3 rings (SSSR count). The van der Waals surface area contributed by atoms with Gasteiger partial charge in [0.2, 0.25) is 0 Å². The summed E-state index contributed by atoms with van der Waals surface area (Å²) in [5.41, 5.74) is 3.42.